The smallest absolute Gasteiger partial charge is 0.239 e. The fourth-order valence-corrected chi connectivity index (χ4v) is 2.51. The molecule has 0 aliphatic heterocycles. The number of sulfonamides is 1. The number of carbonyl (C=O) groups is 1. The highest BCUT2D eigenvalue weighted by molar-refractivity contribution is 7.89. The van der Waals surface area contributed by atoms with Crippen LogP contribution in [0.4, 0.5) is 0 Å². The monoisotopic (exact) mass is 326 g/mol. The first-order chi connectivity index (χ1) is 8.64. The van der Waals surface area contributed by atoms with Gasteiger partial charge in [-0.3, -0.25) is 4.79 Å². The molecule has 0 bridgehead atoms. The Kier molecular flexibility index (Phi) is 5.03. The Morgan fingerprint density at radius 3 is 2.42 bits per heavy atom. The van der Waals surface area contributed by atoms with Gasteiger partial charge in [-0.15, -0.1) is 0 Å². The van der Waals surface area contributed by atoms with Gasteiger partial charge in [-0.25, -0.2) is 13.6 Å². The van der Waals surface area contributed by atoms with E-state index in [0.29, 0.717) is 0 Å². The lowest BCUT2D eigenvalue weighted by Gasteiger charge is -2.13. The summed E-state index contributed by atoms with van der Waals surface area (Å²) in [6.45, 7) is 1.58. The summed E-state index contributed by atoms with van der Waals surface area (Å²) in [7, 11) is -3.96. The highest BCUT2D eigenvalue weighted by Crippen LogP contribution is 2.36. The Morgan fingerprint density at radius 2 is 1.95 bits per heavy atom. The normalized spacial score (nSPS) is 13.1. The van der Waals surface area contributed by atoms with Crippen LogP contribution in [0.15, 0.2) is 17.0 Å². The quantitative estimate of drug-likeness (QED) is 0.844. The molecule has 0 saturated heterocycles. The van der Waals surface area contributed by atoms with E-state index >= 15 is 0 Å². The molecule has 0 fully saturated rings. The highest BCUT2D eigenvalue weighted by atomic mass is 35.5. The van der Waals surface area contributed by atoms with E-state index in [1.54, 1.807) is 6.92 Å². The van der Waals surface area contributed by atoms with Crippen molar-refractivity contribution in [1.82, 2.24) is 0 Å². The van der Waals surface area contributed by atoms with Gasteiger partial charge >= 0.3 is 0 Å². The Bertz CT molecular complexity index is 604. The second kappa shape index (κ2) is 5.96. The lowest BCUT2D eigenvalue weighted by Crippen LogP contribution is -2.25. The molecule has 6 nitrogen and oxygen atoms in total. The van der Waals surface area contributed by atoms with Gasteiger partial charge in [-0.2, -0.15) is 0 Å². The maximum absolute atomic E-state index is 11.2. The summed E-state index contributed by atoms with van der Waals surface area (Å²) < 4.78 is 27.7. The van der Waals surface area contributed by atoms with E-state index < -0.39 is 21.8 Å². The Balaban J connectivity index is 3.01. The second-order valence-corrected chi connectivity index (χ2v) is 6.14. The lowest BCUT2D eigenvalue weighted by atomic mass is 10.2. The molecule has 106 valence electrons. The van der Waals surface area contributed by atoms with Crippen LogP contribution >= 0.6 is 23.2 Å². The molecular formula is C10H12Cl2N2O4S. The van der Waals surface area contributed by atoms with Crippen molar-refractivity contribution in [3.63, 3.8) is 0 Å². The molecule has 1 rings (SSSR count). The molecule has 1 amide bonds. The van der Waals surface area contributed by atoms with Crippen molar-refractivity contribution in [2.45, 2.75) is 11.8 Å². The number of amides is 1. The molecule has 0 saturated carbocycles. The number of primary amides is 1. The van der Waals surface area contributed by atoms with E-state index in [2.05, 4.69) is 0 Å². The van der Waals surface area contributed by atoms with Gasteiger partial charge in [0.15, 0.2) is 0 Å². The molecule has 0 aliphatic carbocycles. The summed E-state index contributed by atoms with van der Waals surface area (Å²) in [5, 5.41) is 4.64. The van der Waals surface area contributed by atoms with Gasteiger partial charge in [0.05, 0.1) is 17.5 Å². The molecule has 1 atom stereocenters. The summed E-state index contributed by atoms with van der Waals surface area (Å²) in [5.41, 5.74) is 5.08. The number of ether oxygens (including phenoxy) is 1. The van der Waals surface area contributed by atoms with Crippen LogP contribution < -0.4 is 15.6 Å². The number of nitrogens with two attached hydrogens (primary N) is 2. The van der Waals surface area contributed by atoms with Crippen LogP contribution in [0.25, 0.3) is 0 Å². The van der Waals surface area contributed by atoms with Crippen molar-refractivity contribution in [2.24, 2.45) is 16.8 Å². The van der Waals surface area contributed by atoms with Crippen molar-refractivity contribution < 1.29 is 17.9 Å². The van der Waals surface area contributed by atoms with Crippen LogP contribution in [0.2, 0.25) is 10.0 Å². The molecule has 1 unspecified atom stereocenters. The van der Waals surface area contributed by atoms with Gasteiger partial charge in [0.25, 0.3) is 0 Å². The maximum Gasteiger partial charge on any atom is 0.239 e. The van der Waals surface area contributed by atoms with Crippen LogP contribution in [0.3, 0.4) is 0 Å². The minimum Gasteiger partial charge on any atom is -0.491 e. The van der Waals surface area contributed by atoms with Crippen LogP contribution in [-0.2, 0) is 14.8 Å². The number of carbonyl (C=O) groups excluding carboxylic acids is 1. The average molecular weight is 327 g/mol. The van der Waals surface area contributed by atoms with Gasteiger partial charge in [-0.1, -0.05) is 30.1 Å². The van der Waals surface area contributed by atoms with E-state index in [1.807, 2.05) is 0 Å². The number of rotatable bonds is 5. The van der Waals surface area contributed by atoms with E-state index in [-0.39, 0.29) is 27.3 Å². The molecule has 9 heteroatoms. The van der Waals surface area contributed by atoms with E-state index in [9.17, 15) is 13.2 Å². The molecule has 1 aromatic carbocycles. The number of hydrogen-bond donors (Lipinski definition) is 2. The first-order valence-electron chi connectivity index (χ1n) is 5.07. The van der Waals surface area contributed by atoms with Gasteiger partial charge in [0, 0.05) is 0 Å². The van der Waals surface area contributed by atoms with Gasteiger partial charge in [-0.05, 0) is 12.1 Å². The van der Waals surface area contributed by atoms with Crippen molar-refractivity contribution in [3.8, 4) is 5.75 Å². The summed E-state index contributed by atoms with van der Waals surface area (Å²) >= 11 is 11.7. The topological polar surface area (TPSA) is 112 Å². The summed E-state index contributed by atoms with van der Waals surface area (Å²) in [4.78, 5) is 10.5. The van der Waals surface area contributed by atoms with Gasteiger partial charge < -0.3 is 10.5 Å². The standard InChI is InChI=1S/C10H12Cl2N2O4S/c1-5(10(13)15)4-18-6-2-3-7(19(14,16)17)9(12)8(6)11/h2-3,5H,4H2,1H3,(H2,13,15)(H2,14,16,17). The summed E-state index contributed by atoms with van der Waals surface area (Å²) in [6, 6.07) is 2.48. The molecular weight excluding hydrogens is 315 g/mol. The Labute approximate surface area is 120 Å². The fraction of sp³-hybridized carbons (Fsp3) is 0.300. The first-order valence-corrected chi connectivity index (χ1v) is 7.37. The minimum atomic E-state index is -3.96. The Hall–Kier alpha value is -1.02. The predicted molar refractivity (Wildman–Crippen MR) is 71.7 cm³/mol. The minimum absolute atomic E-state index is 0.000103. The second-order valence-electron chi connectivity index (χ2n) is 3.85. The van der Waals surface area contributed by atoms with Gasteiger partial charge in [0.1, 0.15) is 15.7 Å². The van der Waals surface area contributed by atoms with Crippen molar-refractivity contribution in [1.29, 1.82) is 0 Å². The first kappa shape index (κ1) is 16.0. The largest absolute Gasteiger partial charge is 0.491 e. The molecule has 1 aromatic rings. The van der Waals surface area contributed by atoms with Crippen LogP contribution in [0.1, 0.15) is 6.92 Å². The molecule has 19 heavy (non-hydrogen) atoms. The third kappa shape index (κ3) is 3.97. The molecule has 0 heterocycles. The number of hydrogen-bond acceptors (Lipinski definition) is 4. The number of halogens is 2. The third-order valence-corrected chi connectivity index (χ3v) is 4.22. The van der Waals surface area contributed by atoms with Crippen molar-refractivity contribution >= 4 is 39.1 Å². The third-order valence-electron chi connectivity index (χ3n) is 2.29. The Morgan fingerprint density at radius 1 is 1.37 bits per heavy atom. The molecule has 0 radical (unpaired) electrons. The fourth-order valence-electron chi connectivity index (χ4n) is 1.14. The maximum atomic E-state index is 11.2. The van der Waals surface area contributed by atoms with Gasteiger partial charge in [0.2, 0.25) is 15.9 Å². The highest BCUT2D eigenvalue weighted by Gasteiger charge is 2.19. The summed E-state index contributed by atoms with van der Waals surface area (Å²) in [5.74, 6) is -0.900. The van der Waals surface area contributed by atoms with E-state index in [4.69, 9.17) is 38.8 Å². The summed E-state index contributed by atoms with van der Waals surface area (Å²) in [6.07, 6.45) is 0. The van der Waals surface area contributed by atoms with Crippen LogP contribution in [-0.4, -0.2) is 20.9 Å². The number of benzene rings is 1. The van der Waals surface area contributed by atoms with Crippen LogP contribution in [0, 0.1) is 5.92 Å². The molecule has 0 aromatic heterocycles. The van der Waals surface area contributed by atoms with Crippen molar-refractivity contribution in [2.75, 3.05) is 6.61 Å². The van der Waals surface area contributed by atoms with E-state index in [0.717, 1.165) is 0 Å². The van der Waals surface area contributed by atoms with Crippen molar-refractivity contribution in [3.05, 3.63) is 22.2 Å². The molecule has 4 N–H and O–H groups in total. The van der Waals surface area contributed by atoms with E-state index in [1.165, 1.54) is 12.1 Å². The predicted octanol–water partition coefficient (Wildman–Crippen LogP) is 1.14. The zero-order valence-electron chi connectivity index (χ0n) is 9.89. The molecule has 0 spiro atoms. The average Bonchev–Trinajstić information content (AvgIpc) is 2.28. The van der Waals surface area contributed by atoms with Crippen LogP contribution in [0.5, 0.6) is 5.75 Å². The zero-order valence-corrected chi connectivity index (χ0v) is 12.2. The lowest BCUT2D eigenvalue weighted by molar-refractivity contribution is -0.122. The SMILES string of the molecule is CC(COc1ccc(S(N)(=O)=O)c(Cl)c1Cl)C(N)=O. The number of primary sulfonamides is 1. The zero-order chi connectivity index (χ0) is 14.8. The molecule has 0 aliphatic rings.